The molecule has 1 amide bonds. The maximum Gasteiger partial charge on any atom is 0.410 e. The van der Waals surface area contributed by atoms with Gasteiger partial charge in [-0.05, 0) is 41.0 Å². The third kappa shape index (κ3) is 6.12. The molecule has 2 atom stereocenters. The predicted molar refractivity (Wildman–Crippen MR) is 109 cm³/mol. The molecule has 7 nitrogen and oxygen atoms in total. The SMILES string of the molecule is C=CCOC(=O)C(C)(C)CCN1[C@@H]2[C@H](CN1CC(F)F)N(C(=O)OC(C)(C)C)CC2(F)F. The number of hydrogen-bond acceptors (Lipinski definition) is 6. The molecule has 0 radical (unpaired) electrons. The van der Waals surface area contributed by atoms with Gasteiger partial charge < -0.3 is 9.47 Å². The van der Waals surface area contributed by atoms with Crippen LogP contribution >= 0.6 is 0 Å². The van der Waals surface area contributed by atoms with Crippen LogP contribution in [0.3, 0.4) is 0 Å². The van der Waals surface area contributed by atoms with Crippen molar-refractivity contribution in [1.82, 2.24) is 14.9 Å². The largest absolute Gasteiger partial charge is 0.461 e. The highest BCUT2D eigenvalue weighted by molar-refractivity contribution is 5.76. The van der Waals surface area contributed by atoms with Crippen LogP contribution in [-0.2, 0) is 14.3 Å². The highest BCUT2D eigenvalue weighted by atomic mass is 19.3. The summed E-state index contributed by atoms with van der Waals surface area (Å²) in [5.74, 6) is -3.88. The van der Waals surface area contributed by atoms with Gasteiger partial charge in [-0.15, -0.1) is 0 Å². The van der Waals surface area contributed by atoms with Crippen LogP contribution < -0.4 is 0 Å². The number of amides is 1. The van der Waals surface area contributed by atoms with Crippen molar-refractivity contribution in [2.24, 2.45) is 5.41 Å². The van der Waals surface area contributed by atoms with E-state index in [9.17, 15) is 18.4 Å². The number of halogens is 4. The van der Waals surface area contributed by atoms with Crippen molar-refractivity contribution in [2.45, 2.75) is 71.1 Å². The second-order valence-electron chi connectivity index (χ2n) is 9.83. The Labute approximate surface area is 186 Å². The molecule has 0 unspecified atom stereocenters. The molecule has 11 heteroatoms. The van der Waals surface area contributed by atoms with Crippen LogP contribution in [-0.4, -0.2) is 89.8 Å². The first kappa shape index (κ1) is 26.4. The molecular weight excluding hydrogens is 434 g/mol. The third-order valence-corrected chi connectivity index (χ3v) is 5.49. The summed E-state index contributed by atoms with van der Waals surface area (Å²) in [5, 5.41) is 2.33. The first-order chi connectivity index (χ1) is 14.6. The number of carbonyl (C=O) groups excluding carboxylic acids is 2. The number of esters is 1. The Kier molecular flexibility index (Phi) is 7.87. The highest BCUT2D eigenvalue weighted by Gasteiger charge is 2.63. The number of hydrogen-bond donors (Lipinski definition) is 0. The molecule has 2 heterocycles. The Morgan fingerprint density at radius 2 is 1.84 bits per heavy atom. The summed E-state index contributed by atoms with van der Waals surface area (Å²) in [6, 6.07) is -2.51. The summed E-state index contributed by atoms with van der Waals surface area (Å²) in [4.78, 5) is 25.8. The van der Waals surface area contributed by atoms with E-state index in [1.54, 1.807) is 34.6 Å². The predicted octanol–water partition coefficient (Wildman–Crippen LogP) is 3.55. The van der Waals surface area contributed by atoms with Crippen LogP contribution in [0.4, 0.5) is 22.4 Å². The van der Waals surface area contributed by atoms with Gasteiger partial charge in [0.25, 0.3) is 12.3 Å². The van der Waals surface area contributed by atoms with E-state index in [0.29, 0.717) is 0 Å². The van der Waals surface area contributed by atoms with Crippen molar-refractivity contribution >= 4 is 12.1 Å². The molecular formula is C21H33F4N3O4. The minimum absolute atomic E-state index is 0.0110. The fourth-order valence-electron chi connectivity index (χ4n) is 3.97. The average Bonchev–Trinajstić information content (AvgIpc) is 3.11. The lowest BCUT2D eigenvalue weighted by molar-refractivity contribution is -0.155. The van der Waals surface area contributed by atoms with E-state index in [-0.39, 0.29) is 26.1 Å². The summed E-state index contributed by atoms with van der Waals surface area (Å²) >= 11 is 0. The van der Waals surface area contributed by atoms with Gasteiger partial charge in [0, 0.05) is 13.1 Å². The number of hydrazine groups is 1. The molecule has 0 aliphatic carbocycles. The van der Waals surface area contributed by atoms with E-state index in [0.717, 1.165) is 9.91 Å². The number of nitrogens with zero attached hydrogens (tertiary/aromatic N) is 3. The molecule has 0 N–H and O–H groups in total. The molecule has 2 aliphatic heterocycles. The quantitative estimate of drug-likeness (QED) is 0.309. The van der Waals surface area contributed by atoms with E-state index in [2.05, 4.69) is 6.58 Å². The van der Waals surface area contributed by atoms with Crippen LogP contribution in [0.1, 0.15) is 41.0 Å². The Bertz CT molecular complexity index is 712. The maximum atomic E-state index is 15.0. The number of rotatable bonds is 8. The van der Waals surface area contributed by atoms with Crippen molar-refractivity contribution in [2.75, 3.05) is 32.8 Å². The fourth-order valence-corrected chi connectivity index (χ4v) is 3.97. The smallest absolute Gasteiger partial charge is 0.410 e. The highest BCUT2D eigenvalue weighted by Crippen LogP contribution is 2.42. The van der Waals surface area contributed by atoms with Crippen LogP contribution in [0, 0.1) is 5.41 Å². The molecule has 184 valence electrons. The van der Waals surface area contributed by atoms with Crippen LogP contribution in [0.25, 0.3) is 0 Å². The summed E-state index contributed by atoms with van der Waals surface area (Å²) in [6.45, 7) is 9.66. The molecule has 0 aromatic heterocycles. The molecule has 0 aromatic rings. The lowest BCUT2D eigenvalue weighted by atomic mass is 9.89. The molecule has 2 aliphatic rings. The minimum Gasteiger partial charge on any atom is -0.461 e. The van der Waals surface area contributed by atoms with E-state index in [4.69, 9.17) is 9.47 Å². The second-order valence-corrected chi connectivity index (χ2v) is 9.83. The van der Waals surface area contributed by atoms with Crippen LogP contribution in [0.15, 0.2) is 12.7 Å². The monoisotopic (exact) mass is 467 g/mol. The normalized spacial score (nSPS) is 24.0. The summed E-state index contributed by atoms with van der Waals surface area (Å²) in [7, 11) is 0. The summed E-state index contributed by atoms with van der Waals surface area (Å²) in [6.07, 6.45) is -2.16. The number of likely N-dealkylation sites (tertiary alicyclic amines) is 1. The van der Waals surface area contributed by atoms with Gasteiger partial charge >= 0.3 is 12.1 Å². The molecule has 2 fully saturated rings. The van der Waals surface area contributed by atoms with E-state index in [1.807, 2.05) is 0 Å². The Hall–Kier alpha value is -1.88. The van der Waals surface area contributed by atoms with Gasteiger partial charge in [-0.2, -0.15) is 0 Å². The fraction of sp³-hybridized carbons (Fsp3) is 0.810. The molecule has 2 rings (SSSR count). The topological polar surface area (TPSA) is 62.3 Å². The number of fused-ring (bicyclic) bond motifs is 1. The zero-order chi connectivity index (χ0) is 24.5. The number of ether oxygens (including phenoxy) is 2. The lowest BCUT2D eigenvalue weighted by Gasteiger charge is -2.35. The van der Waals surface area contributed by atoms with Gasteiger partial charge in [0.1, 0.15) is 18.2 Å². The first-order valence-corrected chi connectivity index (χ1v) is 10.5. The lowest BCUT2D eigenvalue weighted by Crippen LogP contribution is -2.51. The van der Waals surface area contributed by atoms with Gasteiger partial charge in [-0.3, -0.25) is 9.69 Å². The van der Waals surface area contributed by atoms with Crippen molar-refractivity contribution in [3.63, 3.8) is 0 Å². The van der Waals surface area contributed by atoms with Gasteiger partial charge in [-0.1, -0.05) is 12.7 Å². The molecule has 0 saturated carbocycles. The first-order valence-electron chi connectivity index (χ1n) is 10.5. The molecule has 0 spiro atoms. The van der Waals surface area contributed by atoms with Gasteiger partial charge in [-0.25, -0.2) is 32.4 Å². The molecule has 0 bridgehead atoms. The minimum atomic E-state index is -3.34. The number of alkyl halides is 4. The standard InChI is InChI=1S/C21H33F4N3O4/c1-7-10-31-17(29)20(5,6)8-9-28-16-14(11-26(28)12-15(22)23)27(13-21(16,24)25)18(30)32-19(2,3)4/h7,14-16H,1,8-13H2,2-6H3/t14-,16+/m0/s1. The Morgan fingerprint density at radius 3 is 2.38 bits per heavy atom. The van der Waals surface area contributed by atoms with E-state index in [1.165, 1.54) is 11.1 Å². The zero-order valence-electron chi connectivity index (χ0n) is 19.2. The van der Waals surface area contributed by atoms with E-state index < -0.39 is 60.6 Å². The van der Waals surface area contributed by atoms with Crippen LogP contribution in [0.2, 0.25) is 0 Å². The molecule has 32 heavy (non-hydrogen) atoms. The van der Waals surface area contributed by atoms with Gasteiger partial charge in [0.2, 0.25) is 0 Å². The molecule has 2 saturated heterocycles. The Balaban J connectivity index is 2.24. The molecule has 0 aromatic carbocycles. The summed E-state index contributed by atoms with van der Waals surface area (Å²) < 4.78 is 66.8. The maximum absolute atomic E-state index is 15.0. The summed E-state index contributed by atoms with van der Waals surface area (Å²) in [5.41, 5.74) is -1.92. The zero-order valence-corrected chi connectivity index (χ0v) is 19.2. The van der Waals surface area contributed by atoms with Crippen LogP contribution in [0.5, 0.6) is 0 Å². The Morgan fingerprint density at radius 1 is 1.22 bits per heavy atom. The average molecular weight is 468 g/mol. The van der Waals surface area contributed by atoms with Gasteiger partial charge in [0.15, 0.2) is 0 Å². The van der Waals surface area contributed by atoms with Crippen molar-refractivity contribution < 1.29 is 36.6 Å². The van der Waals surface area contributed by atoms with Crippen molar-refractivity contribution in [1.29, 1.82) is 0 Å². The third-order valence-electron chi connectivity index (χ3n) is 5.49. The van der Waals surface area contributed by atoms with Crippen molar-refractivity contribution in [3.8, 4) is 0 Å². The number of carbonyl (C=O) groups is 2. The van der Waals surface area contributed by atoms with Gasteiger partial charge in [0.05, 0.1) is 24.5 Å². The second kappa shape index (κ2) is 9.54. The van der Waals surface area contributed by atoms with Crippen molar-refractivity contribution in [3.05, 3.63) is 12.7 Å². The van der Waals surface area contributed by atoms with E-state index >= 15 is 8.78 Å².